The Hall–Kier alpha value is -0.610. The van der Waals surface area contributed by atoms with E-state index in [9.17, 15) is 4.79 Å². The molecule has 3 fully saturated rings. The number of piperidine rings is 1. The van der Waals surface area contributed by atoms with Gasteiger partial charge in [-0.3, -0.25) is 4.79 Å². The first-order chi connectivity index (χ1) is 9.06. The van der Waals surface area contributed by atoms with E-state index in [1.807, 2.05) is 0 Å². The minimum atomic E-state index is 0.230. The van der Waals surface area contributed by atoms with Crippen LogP contribution in [0, 0.1) is 11.3 Å². The fourth-order valence-electron chi connectivity index (χ4n) is 3.88. The van der Waals surface area contributed by atoms with Gasteiger partial charge >= 0.3 is 0 Å². The molecule has 0 aromatic heterocycles. The Morgan fingerprint density at radius 1 is 1.37 bits per heavy atom. The summed E-state index contributed by atoms with van der Waals surface area (Å²) >= 11 is 0. The van der Waals surface area contributed by atoms with Gasteiger partial charge in [-0.1, -0.05) is 6.92 Å². The second-order valence-electron chi connectivity index (χ2n) is 7.22. The second kappa shape index (κ2) is 5.06. The summed E-state index contributed by atoms with van der Waals surface area (Å²) in [6, 6.07) is 1.06. The summed E-state index contributed by atoms with van der Waals surface area (Å²) in [6.45, 7) is 5.48. The van der Waals surface area contributed by atoms with Crippen molar-refractivity contribution in [2.24, 2.45) is 11.3 Å². The lowest BCUT2D eigenvalue weighted by Crippen LogP contribution is -2.46. The standard InChI is InChI=1S/C15H27N3O/c1-15(5-7-18(2)8-6-15)10-16-14(19)12-9-11-3-4-13(12)17-11/h11-13,17H,3-10H2,1-2H3,(H,16,19). The molecule has 3 aliphatic rings. The normalized spacial score (nSPS) is 37.5. The molecule has 2 N–H and O–H groups in total. The van der Waals surface area contributed by atoms with Crippen LogP contribution in [-0.4, -0.2) is 49.6 Å². The molecule has 0 saturated carbocycles. The lowest BCUT2D eigenvalue weighted by Gasteiger charge is -2.38. The maximum absolute atomic E-state index is 12.3. The molecule has 1 amide bonds. The largest absolute Gasteiger partial charge is 0.355 e. The molecule has 0 aromatic carbocycles. The topological polar surface area (TPSA) is 44.4 Å². The first-order valence-electron chi connectivity index (χ1n) is 7.78. The minimum Gasteiger partial charge on any atom is -0.355 e. The predicted octanol–water partition coefficient (Wildman–Crippen LogP) is 0.975. The van der Waals surface area contributed by atoms with Crippen LogP contribution in [0.2, 0.25) is 0 Å². The molecule has 4 nitrogen and oxygen atoms in total. The van der Waals surface area contributed by atoms with E-state index in [4.69, 9.17) is 0 Å². The van der Waals surface area contributed by atoms with Gasteiger partial charge in [0.2, 0.25) is 5.91 Å². The fourth-order valence-corrected chi connectivity index (χ4v) is 3.88. The van der Waals surface area contributed by atoms with Crippen LogP contribution in [0.5, 0.6) is 0 Å². The number of likely N-dealkylation sites (tertiary alicyclic amines) is 1. The third kappa shape index (κ3) is 2.79. The third-order valence-electron chi connectivity index (χ3n) is 5.52. The lowest BCUT2D eigenvalue weighted by atomic mass is 9.80. The summed E-state index contributed by atoms with van der Waals surface area (Å²) in [5.74, 6) is 0.522. The molecule has 2 bridgehead atoms. The zero-order valence-corrected chi connectivity index (χ0v) is 12.2. The molecule has 0 aliphatic carbocycles. The molecule has 3 atom stereocenters. The van der Waals surface area contributed by atoms with Crippen molar-refractivity contribution >= 4 is 5.91 Å². The first kappa shape index (κ1) is 13.4. The number of hydrogen-bond donors (Lipinski definition) is 2. The molecule has 108 valence electrons. The predicted molar refractivity (Wildman–Crippen MR) is 75.9 cm³/mol. The van der Waals surface area contributed by atoms with Gasteiger partial charge < -0.3 is 15.5 Å². The number of nitrogens with one attached hydrogen (secondary N) is 2. The molecule has 19 heavy (non-hydrogen) atoms. The van der Waals surface area contributed by atoms with Gasteiger partial charge in [-0.25, -0.2) is 0 Å². The highest BCUT2D eigenvalue weighted by Crippen LogP contribution is 2.34. The van der Waals surface area contributed by atoms with Crippen molar-refractivity contribution in [3.63, 3.8) is 0 Å². The Balaban J connectivity index is 1.48. The van der Waals surface area contributed by atoms with Gasteiger partial charge in [0, 0.05) is 18.6 Å². The van der Waals surface area contributed by atoms with Crippen LogP contribution >= 0.6 is 0 Å². The van der Waals surface area contributed by atoms with Crippen molar-refractivity contribution in [1.29, 1.82) is 0 Å². The summed E-state index contributed by atoms with van der Waals surface area (Å²) in [6.07, 6.45) is 5.89. The van der Waals surface area contributed by atoms with E-state index >= 15 is 0 Å². The first-order valence-corrected chi connectivity index (χ1v) is 7.78. The van der Waals surface area contributed by atoms with Gasteiger partial charge in [0.15, 0.2) is 0 Å². The Kier molecular flexibility index (Phi) is 3.56. The molecular weight excluding hydrogens is 238 g/mol. The Bertz CT molecular complexity index is 349. The average Bonchev–Trinajstić information content (AvgIpc) is 3.02. The highest BCUT2D eigenvalue weighted by Gasteiger charge is 2.43. The molecule has 3 rings (SSSR count). The molecule has 3 saturated heterocycles. The molecule has 3 heterocycles. The Morgan fingerprint density at radius 2 is 2.11 bits per heavy atom. The monoisotopic (exact) mass is 265 g/mol. The Labute approximate surface area is 116 Å². The highest BCUT2D eigenvalue weighted by molar-refractivity contribution is 5.80. The molecule has 0 radical (unpaired) electrons. The van der Waals surface area contributed by atoms with Crippen molar-refractivity contribution in [2.45, 2.75) is 51.1 Å². The van der Waals surface area contributed by atoms with E-state index in [0.29, 0.717) is 23.4 Å². The summed E-state index contributed by atoms with van der Waals surface area (Å²) in [4.78, 5) is 14.7. The van der Waals surface area contributed by atoms with E-state index in [1.54, 1.807) is 0 Å². The van der Waals surface area contributed by atoms with Crippen molar-refractivity contribution in [2.75, 3.05) is 26.7 Å². The smallest absolute Gasteiger partial charge is 0.224 e. The van der Waals surface area contributed by atoms with E-state index in [-0.39, 0.29) is 5.92 Å². The molecule has 3 unspecified atom stereocenters. The summed E-state index contributed by atoms with van der Waals surface area (Å²) < 4.78 is 0. The van der Waals surface area contributed by atoms with Crippen LogP contribution in [0.3, 0.4) is 0 Å². The SMILES string of the molecule is CN1CCC(C)(CNC(=O)C2CC3CCC2N3)CC1. The van der Waals surface area contributed by atoms with Crippen LogP contribution in [0.25, 0.3) is 0 Å². The van der Waals surface area contributed by atoms with E-state index in [1.165, 1.54) is 25.7 Å². The van der Waals surface area contributed by atoms with E-state index in [0.717, 1.165) is 26.1 Å². The Morgan fingerprint density at radius 3 is 2.68 bits per heavy atom. The second-order valence-corrected chi connectivity index (χ2v) is 7.22. The third-order valence-corrected chi connectivity index (χ3v) is 5.52. The summed E-state index contributed by atoms with van der Waals surface area (Å²) in [7, 11) is 2.18. The number of nitrogens with zero attached hydrogens (tertiary/aromatic N) is 1. The zero-order valence-electron chi connectivity index (χ0n) is 12.2. The quantitative estimate of drug-likeness (QED) is 0.799. The fraction of sp³-hybridized carbons (Fsp3) is 0.933. The summed E-state index contributed by atoms with van der Waals surface area (Å²) in [5.41, 5.74) is 0.299. The number of carbonyl (C=O) groups excluding carboxylic acids is 1. The maximum atomic E-state index is 12.3. The van der Waals surface area contributed by atoms with E-state index < -0.39 is 0 Å². The highest BCUT2D eigenvalue weighted by atomic mass is 16.1. The average molecular weight is 265 g/mol. The van der Waals surface area contributed by atoms with Gasteiger partial charge in [0.1, 0.15) is 0 Å². The lowest BCUT2D eigenvalue weighted by molar-refractivity contribution is -0.126. The van der Waals surface area contributed by atoms with Crippen LogP contribution in [0.1, 0.15) is 39.0 Å². The van der Waals surface area contributed by atoms with Gasteiger partial charge in [0.05, 0.1) is 5.92 Å². The van der Waals surface area contributed by atoms with Crippen molar-refractivity contribution in [1.82, 2.24) is 15.5 Å². The molecule has 4 heteroatoms. The number of amides is 1. The molecular formula is C15H27N3O. The van der Waals surface area contributed by atoms with Crippen LogP contribution in [0.4, 0.5) is 0 Å². The van der Waals surface area contributed by atoms with Crippen LogP contribution in [-0.2, 0) is 4.79 Å². The maximum Gasteiger partial charge on any atom is 0.224 e. The van der Waals surface area contributed by atoms with Gasteiger partial charge in [0.25, 0.3) is 0 Å². The number of carbonyl (C=O) groups is 1. The van der Waals surface area contributed by atoms with Crippen LogP contribution < -0.4 is 10.6 Å². The number of rotatable bonds is 3. The van der Waals surface area contributed by atoms with Gasteiger partial charge in [-0.2, -0.15) is 0 Å². The number of hydrogen-bond acceptors (Lipinski definition) is 3. The number of fused-ring (bicyclic) bond motifs is 2. The van der Waals surface area contributed by atoms with E-state index in [2.05, 4.69) is 29.5 Å². The van der Waals surface area contributed by atoms with Crippen LogP contribution in [0.15, 0.2) is 0 Å². The zero-order chi connectivity index (χ0) is 13.5. The van der Waals surface area contributed by atoms with Gasteiger partial charge in [-0.05, 0) is 57.7 Å². The molecule has 0 aromatic rings. The summed E-state index contributed by atoms with van der Waals surface area (Å²) in [5, 5.41) is 6.78. The minimum absolute atomic E-state index is 0.230. The van der Waals surface area contributed by atoms with Crippen molar-refractivity contribution in [3.8, 4) is 0 Å². The van der Waals surface area contributed by atoms with Gasteiger partial charge in [-0.15, -0.1) is 0 Å². The molecule has 0 spiro atoms. The van der Waals surface area contributed by atoms with Crippen molar-refractivity contribution in [3.05, 3.63) is 0 Å². The molecule has 3 aliphatic heterocycles. The van der Waals surface area contributed by atoms with Crippen molar-refractivity contribution < 1.29 is 4.79 Å².